The van der Waals surface area contributed by atoms with Crippen LogP contribution in [0.3, 0.4) is 0 Å². The van der Waals surface area contributed by atoms with Crippen LogP contribution in [0.5, 0.6) is 0 Å². The molecule has 1 rings (SSSR count). The number of rotatable bonds is 8. The first-order valence-electron chi connectivity index (χ1n) is 7.30. The van der Waals surface area contributed by atoms with Gasteiger partial charge in [-0.2, -0.15) is 0 Å². The van der Waals surface area contributed by atoms with Crippen LogP contribution in [0.1, 0.15) is 58.8 Å². The molecule has 1 unspecified atom stereocenters. The monoisotopic (exact) mass is 226 g/mol. The molecule has 1 heterocycles. The van der Waals surface area contributed by atoms with Gasteiger partial charge in [0.05, 0.1) is 0 Å². The van der Waals surface area contributed by atoms with Gasteiger partial charge >= 0.3 is 0 Å². The summed E-state index contributed by atoms with van der Waals surface area (Å²) >= 11 is 0. The molecule has 0 amide bonds. The van der Waals surface area contributed by atoms with E-state index in [1.165, 1.54) is 64.6 Å². The van der Waals surface area contributed by atoms with Crippen molar-refractivity contribution in [1.29, 1.82) is 0 Å². The Morgan fingerprint density at radius 2 is 1.94 bits per heavy atom. The predicted octanol–water partition coefficient (Wildman–Crippen LogP) is 2.93. The molecule has 0 radical (unpaired) electrons. The normalized spacial score (nSPS) is 19.9. The Hall–Kier alpha value is -0.0800. The molecule has 2 N–H and O–H groups in total. The molecule has 0 aromatic carbocycles. The number of piperidine rings is 1. The molecular formula is C14H30N2. The van der Waals surface area contributed by atoms with E-state index in [1.807, 2.05) is 0 Å². The molecule has 0 aromatic heterocycles. The number of hydrogen-bond acceptors (Lipinski definition) is 2. The second-order valence-corrected chi connectivity index (χ2v) is 5.20. The van der Waals surface area contributed by atoms with E-state index < -0.39 is 0 Å². The SMILES string of the molecule is CCCCCC(CC)CNC1CCNCC1. The van der Waals surface area contributed by atoms with Gasteiger partial charge in [0.25, 0.3) is 0 Å². The van der Waals surface area contributed by atoms with Crippen LogP contribution in [-0.4, -0.2) is 25.7 Å². The first-order valence-corrected chi connectivity index (χ1v) is 7.30. The third kappa shape index (κ3) is 5.86. The van der Waals surface area contributed by atoms with Crippen LogP contribution in [-0.2, 0) is 0 Å². The van der Waals surface area contributed by atoms with E-state index in [1.54, 1.807) is 0 Å². The maximum absolute atomic E-state index is 3.76. The van der Waals surface area contributed by atoms with Gasteiger partial charge in [0, 0.05) is 6.04 Å². The van der Waals surface area contributed by atoms with Gasteiger partial charge in [-0.1, -0.05) is 39.5 Å². The summed E-state index contributed by atoms with van der Waals surface area (Å²) in [4.78, 5) is 0. The molecule has 0 aliphatic carbocycles. The zero-order valence-electron chi connectivity index (χ0n) is 11.2. The highest BCUT2D eigenvalue weighted by Gasteiger charge is 2.14. The fraction of sp³-hybridized carbons (Fsp3) is 1.00. The predicted molar refractivity (Wildman–Crippen MR) is 71.8 cm³/mol. The summed E-state index contributed by atoms with van der Waals surface area (Å²) in [6.07, 6.45) is 9.55. The quantitative estimate of drug-likeness (QED) is 0.622. The summed E-state index contributed by atoms with van der Waals surface area (Å²) in [5.41, 5.74) is 0. The topological polar surface area (TPSA) is 24.1 Å². The summed E-state index contributed by atoms with van der Waals surface area (Å²) in [5, 5.41) is 7.18. The highest BCUT2D eigenvalue weighted by molar-refractivity contribution is 4.75. The summed E-state index contributed by atoms with van der Waals surface area (Å²) in [6, 6.07) is 0.779. The second kappa shape index (κ2) is 9.00. The van der Waals surface area contributed by atoms with Gasteiger partial charge in [-0.15, -0.1) is 0 Å². The molecule has 1 saturated heterocycles. The van der Waals surface area contributed by atoms with Crippen molar-refractivity contribution >= 4 is 0 Å². The van der Waals surface area contributed by atoms with E-state index in [9.17, 15) is 0 Å². The third-order valence-corrected chi connectivity index (χ3v) is 3.83. The van der Waals surface area contributed by atoms with Crippen LogP contribution >= 0.6 is 0 Å². The molecule has 2 nitrogen and oxygen atoms in total. The van der Waals surface area contributed by atoms with Gasteiger partial charge in [0.15, 0.2) is 0 Å². The molecular weight excluding hydrogens is 196 g/mol. The smallest absolute Gasteiger partial charge is 0.00913 e. The van der Waals surface area contributed by atoms with E-state index in [2.05, 4.69) is 24.5 Å². The lowest BCUT2D eigenvalue weighted by atomic mass is 9.97. The standard InChI is InChI=1S/C14H30N2/c1-3-5-6-7-13(4-2)12-16-14-8-10-15-11-9-14/h13-16H,3-12H2,1-2H3. The molecule has 96 valence electrons. The maximum atomic E-state index is 3.76. The Balaban J connectivity index is 2.07. The van der Waals surface area contributed by atoms with Crippen molar-refractivity contribution in [2.45, 2.75) is 64.8 Å². The zero-order valence-corrected chi connectivity index (χ0v) is 11.2. The molecule has 0 aromatic rings. The molecule has 1 fully saturated rings. The van der Waals surface area contributed by atoms with Crippen molar-refractivity contribution in [2.75, 3.05) is 19.6 Å². The van der Waals surface area contributed by atoms with Crippen LogP contribution in [0.2, 0.25) is 0 Å². The number of unbranched alkanes of at least 4 members (excludes halogenated alkanes) is 2. The maximum Gasteiger partial charge on any atom is 0.00913 e. The highest BCUT2D eigenvalue weighted by Crippen LogP contribution is 2.13. The zero-order chi connectivity index (χ0) is 11.6. The van der Waals surface area contributed by atoms with Crippen molar-refractivity contribution in [2.24, 2.45) is 5.92 Å². The van der Waals surface area contributed by atoms with Gasteiger partial charge in [-0.05, 0) is 44.8 Å². The van der Waals surface area contributed by atoms with E-state index in [4.69, 9.17) is 0 Å². The molecule has 1 atom stereocenters. The Morgan fingerprint density at radius 3 is 2.56 bits per heavy atom. The van der Waals surface area contributed by atoms with Crippen LogP contribution in [0, 0.1) is 5.92 Å². The van der Waals surface area contributed by atoms with E-state index in [-0.39, 0.29) is 0 Å². The van der Waals surface area contributed by atoms with Gasteiger partial charge in [0.1, 0.15) is 0 Å². The fourth-order valence-corrected chi connectivity index (χ4v) is 2.49. The van der Waals surface area contributed by atoms with Crippen LogP contribution < -0.4 is 10.6 Å². The summed E-state index contributed by atoms with van der Waals surface area (Å²) in [6.45, 7) is 8.26. The Bertz CT molecular complexity index is 153. The molecule has 2 heteroatoms. The molecule has 0 saturated carbocycles. The van der Waals surface area contributed by atoms with Crippen molar-refractivity contribution in [3.8, 4) is 0 Å². The van der Waals surface area contributed by atoms with Gasteiger partial charge in [0.2, 0.25) is 0 Å². The van der Waals surface area contributed by atoms with Crippen LogP contribution in [0.4, 0.5) is 0 Å². The van der Waals surface area contributed by atoms with E-state index in [0.29, 0.717) is 0 Å². The Labute approximate surface area is 102 Å². The Morgan fingerprint density at radius 1 is 1.19 bits per heavy atom. The minimum absolute atomic E-state index is 0.779. The third-order valence-electron chi connectivity index (χ3n) is 3.83. The lowest BCUT2D eigenvalue weighted by molar-refractivity contribution is 0.339. The van der Waals surface area contributed by atoms with Gasteiger partial charge in [-0.3, -0.25) is 0 Å². The molecule has 1 aliphatic heterocycles. The Kier molecular flexibility index (Phi) is 7.87. The van der Waals surface area contributed by atoms with Crippen molar-refractivity contribution < 1.29 is 0 Å². The van der Waals surface area contributed by atoms with Crippen LogP contribution in [0.15, 0.2) is 0 Å². The van der Waals surface area contributed by atoms with E-state index in [0.717, 1.165) is 12.0 Å². The lowest BCUT2D eigenvalue weighted by Crippen LogP contribution is -2.41. The fourth-order valence-electron chi connectivity index (χ4n) is 2.49. The highest BCUT2D eigenvalue weighted by atomic mass is 15.0. The lowest BCUT2D eigenvalue weighted by Gasteiger charge is -2.26. The van der Waals surface area contributed by atoms with Crippen molar-refractivity contribution in [3.63, 3.8) is 0 Å². The second-order valence-electron chi connectivity index (χ2n) is 5.20. The summed E-state index contributed by atoms with van der Waals surface area (Å²) in [7, 11) is 0. The molecule has 16 heavy (non-hydrogen) atoms. The number of hydrogen-bond donors (Lipinski definition) is 2. The van der Waals surface area contributed by atoms with E-state index >= 15 is 0 Å². The van der Waals surface area contributed by atoms with Crippen molar-refractivity contribution in [3.05, 3.63) is 0 Å². The largest absolute Gasteiger partial charge is 0.317 e. The minimum atomic E-state index is 0.779. The average Bonchev–Trinajstić information content (AvgIpc) is 2.35. The summed E-state index contributed by atoms with van der Waals surface area (Å²) < 4.78 is 0. The minimum Gasteiger partial charge on any atom is -0.317 e. The molecule has 1 aliphatic rings. The number of nitrogens with one attached hydrogen (secondary N) is 2. The van der Waals surface area contributed by atoms with Gasteiger partial charge < -0.3 is 10.6 Å². The first-order chi connectivity index (χ1) is 7.86. The van der Waals surface area contributed by atoms with Gasteiger partial charge in [-0.25, -0.2) is 0 Å². The molecule has 0 spiro atoms. The van der Waals surface area contributed by atoms with Crippen LogP contribution in [0.25, 0.3) is 0 Å². The molecule has 0 bridgehead atoms. The van der Waals surface area contributed by atoms with Crippen molar-refractivity contribution in [1.82, 2.24) is 10.6 Å². The first kappa shape index (κ1) is 14.0. The average molecular weight is 226 g/mol. The summed E-state index contributed by atoms with van der Waals surface area (Å²) in [5.74, 6) is 0.904.